The van der Waals surface area contributed by atoms with Crippen molar-refractivity contribution in [2.24, 2.45) is 0 Å². The van der Waals surface area contributed by atoms with Gasteiger partial charge in [-0.1, -0.05) is 17.3 Å². The van der Waals surface area contributed by atoms with Gasteiger partial charge in [0.25, 0.3) is 0 Å². The molecule has 8 nitrogen and oxygen atoms in total. The second-order valence-electron chi connectivity index (χ2n) is 5.83. The molecule has 140 valence electrons. The van der Waals surface area contributed by atoms with Crippen LogP contribution in [0.5, 0.6) is 0 Å². The van der Waals surface area contributed by atoms with E-state index in [0.29, 0.717) is 17.2 Å². The fourth-order valence-corrected chi connectivity index (χ4v) is 2.35. The number of benzene rings is 1. The highest BCUT2D eigenvalue weighted by Crippen LogP contribution is 2.24. The summed E-state index contributed by atoms with van der Waals surface area (Å²) in [6, 6.07) is 7.63. The maximum atomic E-state index is 13.8. The van der Waals surface area contributed by atoms with Gasteiger partial charge in [-0.25, -0.2) is 9.37 Å². The Morgan fingerprint density at radius 3 is 2.67 bits per heavy atom. The molecule has 0 aliphatic heterocycles. The number of amides is 2. The minimum Gasteiger partial charge on any atom is -0.441 e. The smallest absolute Gasteiger partial charge is 0.245 e. The first-order valence-corrected chi connectivity index (χ1v) is 8.13. The minimum absolute atomic E-state index is 0.0971. The number of hydrogen-bond acceptors (Lipinski definition) is 6. The molecule has 1 aromatic carbocycles. The number of anilines is 1. The molecule has 2 N–H and O–H groups in total. The Kier molecular flexibility index (Phi) is 5.30. The first-order valence-electron chi connectivity index (χ1n) is 8.13. The number of aromatic nitrogens is 2. The molecule has 0 atom stereocenters. The van der Waals surface area contributed by atoms with E-state index in [1.807, 2.05) is 0 Å². The molecule has 0 spiro atoms. The van der Waals surface area contributed by atoms with Crippen LogP contribution >= 0.6 is 0 Å². The second kappa shape index (κ2) is 7.81. The van der Waals surface area contributed by atoms with Crippen LogP contribution in [0.15, 0.2) is 39.3 Å². The molecule has 2 amide bonds. The third kappa shape index (κ3) is 4.57. The summed E-state index contributed by atoms with van der Waals surface area (Å²) >= 11 is 0. The summed E-state index contributed by atoms with van der Waals surface area (Å²) in [6.07, 6.45) is -0.0971. The summed E-state index contributed by atoms with van der Waals surface area (Å²) in [5.74, 6) is 0.0154. The Labute approximate surface area is 153 Å². The minimum atomic E-state index is -0.463. The number of carbonyl (C=O) groups excluding carboxylic acids is 2. The first kappa shape index (κ1) is 18.3. The predicted molar refractivity (Wildman–Crippen MR) is 93.2 cm³/mol. The van der Waals surface area contributed by atoms with Crippen molar-refractivity contribution < 1.29 is 22.9 Å². The molecule has 9 heteroatoms. The number of oxazole rings is 1. The maximum Gasteiger partial charge on any atom is 0.245 e. The molecule has 27 heavy (non-hydrogen) atoms. The van der Waals surface area contributed by atoms with Crippen molar-refractivity contribution in [1.29, 1.82) is 0 Å². The van der Waals surface area contributed by atoms with Crippen molar-refractivity contribution in [3.63, 3.8) is 0 Å². The van der Waals surface area contributed by atoms with Gasteiger partial charge >= 0.3 is 0 Å². The normalized spacial score (nSPS) is 10.6. The van der Waals surface area contributed by atoms with E-state index in [-0.39, 0.29) is 30.2 Å². The van der Waals surface area contributed by atoms with Gasteiger partial charge in [-0.3, -0.25) is 9.59 Å². The van der Waals surface area contributed by atoms with Crippen molar-refractivity contribution in [2.75, 3.05) is 11.9 Å². The zero-order chi connectivity index (χ0) is 19.4. The molecule has 0 aliphatic rings. The van der Waals surface area contributed by atoms with E-state index in [4.69, 9.17) is 8.94 Å². The van der Waals surface area contributed by atoms with E-state index in [1.54, 1.807) is 38.1 Å². The monoisotopic (exact) mass is 372 g/mol. The van der Waals surface area contributed by atoms with Gasteiger partial charge in [0.2, 0.25) is 17.7 Å². The summed E-state index contributed by atoms with van der Waals surface area (Å²) < 4.78 is 24.1. The molecule has 0 saturated carbocycles. The lowest BCUT2D eigenvalue weighted by Gasteiger charge is -2.04. The van der Waals surface area contributed by atoms with Crippen LogP contribution in [0.25, 0.3) is 11.5 Å². The van der Waals surface area contributed by atoms with Crippen LogP contribution in [0.3, 0.4) is 0 Å². The molecule has 3 aromatic rings. The van der Waals surface area contributed by atoms with Crippen molar-refractivity contribution >= 4 is 17.6 Å². The molecule has 0 fully saturated rings. The van der Waals surface area contributed by atoms with E-state index in [1.165, 1.54) is 6.07 Å². The average molecular weight is 372 g/mol. The number of carbonyl (C=O) groups is 2. The highest BCUT2D eigenvalue weighted by molar-refractivity contribution is 5.94. The predicted octanol–water partition coefficient (Wildman–Crippen LogP) is 2.38. The zero-order valence-corrected chi connectivity index (χ0v) is 14.7. The lowest BCUT2D eigenvalue weighted by Crippen LogP contribution is -2.34. The largest absolute Gasteiger partial charge is 0.441 e. The first-order chi connectivity index (χ1) is 12.9. The van der Waals surface area contributed by atoms with Crippen molar-refractivity contribution in [3.05, 3.63) is 53.4 Å². The topological polar surface area (TPSA) is 110 Å². The fourth-order valence-electron chi connectivity index (χ4n) is 2.35. The van der Waals surface area contributed by atoms with Crippen LogP contribution in [-0.4, -0.2) is 28.5 Å². The summed E-state index contributed by atoms with van der Waals surface area (Å²) in [5, 5.41) is 8.60. The molecular weight excluding hydrogens is 355 g/mol. The Hall–Kier alpha value is -3.49. The number of nitrogens with zero attached hydrogens (tertiary/aromatic N) is 2. The maximum absolute atomic E-state index is 13.8. The van der Waals surface area contributed by atoms with Gasteiger partial charge in [0.05, 0.1) is 24.2 Å². The van der Waals surface area contributed by atoms with E-state index < -0.39 is 17.6 Å². The lowest BCUT2D eigenvalue weighted by atomic mass is 10.2. The van der Waals surface area contributed by atoms with Crippen molar-refractivity contribution in [2.45, 2.75) is 20.3 Å². The summed E-state index contributed by atoms with van der Waals surface area (Å²) in [7, 11) is 0. The lowest BCUT2D eigenvalue weighted by molar-refractivity contribution is -0.123. The van der Waals surface area contributed by atoms with Crippen LogP contribution in [0.1, 0.15) is 17.2 Å². The highest BCUT2D eigenvalue weighted by atomic mass is 19.1. The van der Waals surface area contributed by atoms with E-state index in [2.05, 4.69) is 20.8 Å². The second-order valence-corrected chi connectivity index (χ2v) is 5.83. The van der Waals surface area contributed by atoms with Crippen LogP contribution < -0.4 is 10.6 Å². The molecular formula is C18H17FN4O4. The number of nitrogens with one attached hydrogen (secondary N) is 2. The number of aryl methyl sites for hydroxylation is 2. The summed E-state index contributed by atoms with van der Waals surface area (Å²) in [4.78, 5) is 28.0. The number of rotatable bonds is 6. The quantitative estimate of drug-likeness (QED) is 0.687. The van der Waals surface area contributed by atoms with Gasteiger partial charge in [0, 0.05) is 6.07 Å². The Morgan fingerprint density at radius 1 is 1.19 bits per heavy atom. The zero-order valence-electron chi connectivity index (χ0n) is 14.7. The van der Waals surface area contributed by atoms with Crippen LogP contribution in [0, 0.1) is 19.7 Å². The van der Waals surface area contributed by atoms with E-state index in [9.17, 15) is 14.0 Å². The van der Waals surface area contributed by atoms with Gasteiger partial charge in [0.15, 0.2) is 5.82 Å². The van der Waals surface area contributed by atoms with Crippen LogP contribution in [0.4, 0.5) is 10.2 Å². The molecule has 2 aromatic heterocycles. The van der Waals surface area contributed by atoms with Gasteiger partial charge in [-0.2, -0.15) is 0 Å². The van der Waals surface area contributed by atoms with Crippen molar-refractivity contribution in [1.82, 2.24) is 15.5 Å². The SMILES string of the molecule is Cc1cc(NC(=O)CNC(=O)Cc2nc(-c3ccccc3F)oc2C)no1. The highest BCUT2D eigenvalue weighted by Gasteiger charge is 2.17. The third-order valence-corrected chi connectivity index (χ3v) is 3.67. The van der Waals surface area contributed by atoms with Crippen LogP contribution in [0.2, 0.25) is 0 Å². The van der Waals surface area contributed by atoms with E-state index in [0.717, 1.165) is 0 Å². The average Bonchev–Trinajstić information content (AvgIpc) is 3.19. The molecule has 0 aliphatic carbocycles. The van der Waals surface area contributed by atoms with E-state index >= 15 is 0 Å². The van der Waals surface area contributed by atoms with Gasteiger partial charge in [-0.05, 0) is 26.0 Å². The van der Waals surface area contributed by atoms with Crippen molar-refractivity contribution in [3.8, 4) is 11.5 Å². The number of halogens is 1. The Bertz CT molecular complexity index is 979. The molecule has 3 rings (SSSR count). The fraction of sp³-hybridized carbons (Fsp3) is 0.222. The molecule has 0 radical (unpaired) electrons. The molecule has 0 saturated heterocycles. The van der Waals surface area contributed by atoms with Gasteiger partial charge in [-0.15, -0.1) is 0 Å². The molecule has 0 unspecified atom stereocenters. The molecule has 0 bridgehead atoms. The summed E-state index contributed by atoms with van der Waals surface area (Å²) in [6.45, 7) is 3.10. The van der Waals surface area contributed by atoms with Gasteiger partial charge < -0.3 is 19.6 Å². The standard InChI is InChI=1S/C18H17FN4O4/c1-10-7-15(23-27-10)22-17(25)9-20-16(24)8-14-11(2)26-18(21-14)12-5-3-4-6-13(12)19/h3-7H,8-9H2,1-2H3,(H,20,24)(H,22,23,25). The third-order valence-electron chi connectivity index (χ3n) is 3.67. The van der Waals surface area contributed by atoms with Crippen LogP contribution in [-0.2, 0) is 16.0 Å². The Balaban J connectivity index is 1.56. The Morgan fingerprint density at radius 2 is 1.96 bits per heavy atom. The number of hydrogen-bond donors (Lipinski definition) is 2. The van der Waals surface area contributed by atoms with Gasteiger partial charge in [0.1, 0.15) is 17.3 Å². The summed E-state index contributed by atoms with van der Waals surface area (Å²) in [5.41, 5.74) is 0.591. The molecule has 2 heterocycles.